The van der Waals surface area contributed by atoms with Crippen LogP contribution in [0.3, 0.4) is 0 Å². The lowest BCUT2D eigenvalue weighted by molar-refractivity contribution is -0.384. The number of nitrogens with one attached hydrogen (secondary N) is 1. The Morgan fingerprint density at radius 3 is 2.75 bits per heavy atom. The number of fused-ring (bicyclic) bond motifs is 1. The lowest BCUT2D eigenvalue weighted by Crippen LogP contribution is -2.11. The van der Waals surface area contributed by atoms with Crippen LogP contribution in [-0.4, -0.2) is 10.6 Å². The lowest BCUT2D eigenvalue weighted by atomic mass is 9.97. The number of nitro benzene ring substituents is 1. The van der Waals surface area contributed by atoms with Crippen molar-refractivity contribution in [1.29, 1.82) is 0 Å². The molecular formula is C14H13N3O3. The highest BCUT2D eigenvalue weighted by atomic mass is 16.6. The first kappa shape index (κ1) is 12.4. The van der Waals surface area contributed by atoms with E-state index in [1.54, 1.807) is 18.4 Å². The van der Waals surface area contributed by atoms with Gasteiger partial charge in [-0.2, -0.15) is 5.10 Å². The van der Waals surface area contributed by atoms with Gasteiger partial charge in [0.05, 0.1) is 22.6 Å². The first-order valence-electron chi connectivity index (χ1n) is 6.38. The summed E-state index contributed by atoms with van der Waals surface area (Å²) in [5.41, 5.74) is 5.73. The standard InChI is InChI=1S/C14H13N3O3/c18-17(19)11-6-4-10(5-7-11)15-16-13-2-1-3-14-12(13)8-9-20-14/h4-9,15H,1-3H2/b16-13+. The number of benzene rings is 1. The monoisotopic (exact) mass is 271 g/mol. The quantitative estimate of drug-likeness (QED) is 0.685. The number of hydrogen-bond donors (Lipinski definition) is 1. The molecule has 0 saturated heterocycles. The minimum Gasteiger partial charge on any atom is -0.469 e. The van der Waals surface area contributed by atoms with Gasteiger partial charge in [-0.15, -0.1) is 0 Å². The molecule has 1 aromatic carbocycles. The summed E-state index contributed by atoms with van der Waals surface area (Å²) < 4.78 is 5.40. The van der Waals surface area contributed by atoms with E-state index in [2.05, 4.69) is 10.5 Å². The summed E-state index contributed by atoms with van der Waals surface area (Å²) in [6, 6.07) is 8.10. The van der Waals surface area contributed by atoms with Crippen LogP contribution in [0.2, 0.25) is 0 Å². The Hall–Kier alpha value is -2.63. The number of non-ortho nitro benzene ring substituents is 1. The molecule has 1 heterocycles. The molecule has 0 amide bonds. The summed E-state index contributed by atoms with van der Waals surface area (Å²) in [7, 11) is 0. The van der Waals surface area contributed by atoms with E-state index in [0.717, 1.165) is 42.0 Å². The molecule has 0 atom stereocenters. The molecule has 0 spiro atoms. The smallest absolute Gasteiger partial charge is 0.269 e. The molecule has 1 aromatic heterocycles. The van der Waals surface area contributed by atoms with E-state index in [1.165, 1.54) is 12.1 Å². The molecular weight excluding hydrogens is 258 g/mol. The van der Waals surface area contributed by atoms with Crippen molar-refractivity contribution < 1.29 is 9.34 Å². The van der Waals surface area contributed by atoms with Crippen molar-refractivity contribution in [2.24, 2.45) is 5.10 Å². The van der Waals surface area contributed by atoms with E-state index < -0.39 is 4.92 Å². The maximum atomic E-state index is 10.6. The van der Waals surface area contributed by atoms with Gasteiger partial charge >= 0.3 is 0 Å². The second-order valence-electron chi connectivity index (χ2n) is 4.59. The number of hydrazone groups is 1. The summed E-state index contributed by atoms with van der Waals surface area (Å²) in [5, 5.41) is 15.0. The molecule has 102 valence electrons. The van der Waals surface area contributed by atoms with Gasteiger partial charge in [0.2, 0.25) is 0 Å². The zero-order valence-corrected chi connectivity index (χ0v) is 10.7. The van der Waals surface area contributed by atoms with Gasteiger partial charge in [0, 0.05) is 24.1 Å². The Balaban J connectivity index is 1.77. The van der Waals surface area contributed by atoms with Gasteiger partial charge in [-0.05, 0) is 31.0 Å². The first-order valence-corrected chi connectivity index (χ1v) is 6.38. The van der Waals surface area contributed by atoms with Crippen LogP contribution in [0.1, 0.15) is 24.2 Å². The zero-order chi connectivity index (χ0) is 13.9. The van der Waals surface area contributed by atoms with Crippen LogP contribution in [0, 0.1) is 10.1 Å². The van der Waals surface area contributed by atoms with Crippen molar-refractivity contribution >= 4 is 17.1 Å². The van der Waals surface area contributed by atoms with Crippen molar-refractivity contribution in [3.05, 3.63) is 58.0 Å². The number of aryl methyl sites for hydroxylation is 1. The van der Waals surface area contributed by atoms with Crippen LogP contribution in [0.5, 0.6) is 0 Å². The summed E-state index contributed by atoms with van der Waals surface area (Å²) >= 11 is 0. The van der Waals surface area contributed by atoms with Crippen molar-refractivity contribution in [1.82, 2.24) is 0 Å². The minimum atomic E-state index is -0.422. The molecule has 0 fully saturated rings. The van der Waals surface area contributed by atoms with Gasteiger partial charge in [-0.3, -0.25) is 15.5 Å². The molecule has 1 aliphatic carbocycles. The molecule has 1 aliphatic rings. The van der Waals surface area contributed by atoms with Crippen molar-refractivity contribution in [2.45, 2.75) is 19.3 Å². The summed E-state index contributed by atoms with van der Waals surface area (Å²) in [4.78, 5) is 10.2. The number of rotatable bonds is 3. The highest BCUT2D eigenvalue weighted by Gasteiger charge is 2.18. The lowest BCUT2D eigenvalue weighted by Gasteiger charge is -2.12. The summed E-state index contributed by atoms with van der Waals surface area (Å²) in [5.74, 6) is 0.973. The van der Waals surface area contributed by atoms with Gasteiger partial charge in [0.1, 0.15) is 5.76 Å². The molecule has 0 aliphatic heterocycles. The van der Waals surface area contributed by atoms with Crippen molar-refractivity contribution in [3.63, 3.8) is 0 Å². The highest BCUT2D eigenvalue weighted by molar-refractivity contribution is 6.02. The molecule has 6 heteroatoms. The van der Waals surface area contributed by atoms with Gasteiger partial charge < -0.3 is 4.42 Å². The number of nitro groups is 1. The van der Waals surface area contributed by atoms with Crippen LogP contribution >= 0.6 is 0 Å². The Kier molecular flexibility index (Phi) is 3.20. The van der Waals surface area contributed by atoms with Crippen molar-refractivity contribution in [2.75, 3.05) is 5.43 Å². The van der Waals surface area contributed by atoms with Crippen LogP contribution in [0.15, 0.2) is 46.1 Å². The second kappa shape index (κ2) is 5.16. The van der Waals surface area contributed by atoms with Gasteiger partial charge in [-0.1, -0.05) is 0 Å². The van der Waals surface area contributed by atoms with Crippen LogP contribution in [-0.2, 0) is 6.42 Å². The Morgan fingerprint density at radius 2 is 2.00 bits per heavy atom. The van der Waals surface area contributed by atoms with Crippen molar-refractivity contribution in [3.8, 4) is 0 Å². The molecule has 2 aromatic rings. The molecule has 0 radical (unpaired) electrons. The largest absolute Gasteiger partial charge is 0.469 e. The third-order valence-corrected chi connectivity index (χ3v) is 3.27. The number of furan rings is 1. The number of anilines is 1. The highest BCUT2D eigenvalue weighted by Crippen LogP contribution is 2.23. The van der Waals surface area contributed by atoms with E-state index in [0.29, 0.717) is 0 Å². The molecule has 6 nitrogen and oxygen atoms in total. The Bertz CT molecular complexity index is 659. The Labute approximate surface area is 115 Å². The van der Waals surface area contributed by atoms with Crippen LogP contribution in [0.25, 0.3) is 0 Å². The predicted molar refractivity (Wildman–Crippen MR) is 74.9 cm³/mol. The van der Waals surface area contributed by atoms with E-state index in [9.17, 15) is 10.1 Å². The minimum absolute atomic E-state index is 0.0676. The van der Waals surface area contributed by atoms with Gasteiger partial charge in [0.25, 0.3) is 5.69 Å². The molecule has 0 bridgehead atoms. The second-order valence-corrected chi connectivity index (χ2v) is 4.59. The average Bonchev–Trinajstić information content (AvgIpc) is 2.94. The fourth-order valence-corrected chi connectivity index (χ4v) is 2.25. The average molecular weight is 271 g/mol. The summed E-state index contributed by atoms with van der Waals surface area (Å²) in [6.45, 7) is 0. The normalized spacial score (nSPS) is 15.9. The van der Waals surface area contributed by atoms with Crippen LogP contribution in [0.4, 0.5) is 11.4 Å². The number of nitrogens with zero attached hydrogens (tertiary/aromatic N) is 2. The van der Waals surface area contributed by atoms with Crippen LogP contribution < -0.4 is 5.43 Å². The van der Waals surface area contributed by atoms with E-state index in [1.807, 2.05) is 6.07 Å². The van der Waals surface area contributed by atoms with E-state index in [-0.39, 0.29) is 5.69 Å². The fraction of sp³-hybridized carbons (Fsp3) is 0.214. The SMILES string of the molecule is O=[N+]([O-])c1ccc(N/N=C2\CCCc3occc32)cc1. The Morgan fingerprint density at radius 1 is 1.20 bits per heavy atom. The van der Waals surface area contributed by atoms with Gasteiger partial charge in [-0.25, -0.2) is 0 Å². The van der Waals surface area contributed by atoms with E-state index >= 15 is 0 Å². The van der Waals surface area contributed by atoms with Gasteiger partial charge in [0.15, 0.2) is 0 Å². The van der Waals surface area contributed by atoms with E-state index in [4.69, 9.17) is 4.42 Å². The third kappa shape index (κ3) is 2.40. The summed E-state index contributed by atoms with van der Waals surface area (Å²) in [6.07, 6.45) is 4.53. The fourth-order valence-electron chi connectivity index (χ4n) is 2.25. The topological polar surface area (TPSA) is 80.7 Å². The maximum absolute atomic E-state index is 10.6. The number of hydrogen-bond acceptors (Lipinski definition) is 5. The molecule has 1 N–H and O–H groups in total. The maximum Gasteiger partial charge on any atom is 0.269 e. The third-order valence-electron chi connectivity index (χ3n) is 3.27. The first-order chi connectivity index (χ1) is 9.74. The molecule has 0 unspecified atom stereocenters. The zero-order valence-electron chi connectivity index (χ0n) is 10.7. The molecule has 20 heavy (non-hydrogen) atoms. The predicted octanol–water partition coefficient (Wildman–Crippen LogP) is 3.34. The molecule has 0 saturated carbocycles. The molecule has 3 rings (SSSR count).